The average Bonchev–Trinajstić information content (AvgIpc) is 2.16. The van der Waals surface area contributed by atoms with Gasteiger partial charge in [-0.25, -0.2) is 0 Å². The van der Waals surface area contributed by atoms with Crippen LogP contribution in [-0.4, -0.2) is 12.5 Å². The zero-order valence-corrected chi connectivity index (χ0v) is 7.94. The van der Waals surface area contributed by atoms with E-state index in [0.717, 1.165) is 12.5 Å². The second kappa shape index (κ2) is 5.18. The van der Waals surface area contributed by atoms with Gasteiger partial charge in [0.15, 0.2) is 0 Å². The van der Waals surface area contributed by atoms with Gasteiger partial charge in [0, 0.05) is 14.4 Å². The monoisotopic (exact) mass is 171 g/mol. The Balaban J connectivity index is 0.00000144. The molecule has 0 spiro atoms. The molecule has 0 aromatic rings. The maximum Gasteiger partial charge on any atom is 0.219 e. The Morgan fingerprint density at radius 3 is 2.67 bits per heavy atom. The Morgan fingerprint density at radius 2 is 2.08 bits per heavy atom. The van der Waals surface area contributed by atoms with Gasteiger partial charge in [-0.05, 0) is 18.8 Å². The van der Waals surface area contributed by atoms with E-state index < -0.39 is 0 Å². The molecule has 1 rings (SSSR count). The number of nitrogens with one attached hydrogen (secondary N) is 1. The van der Waals surface area contributed by atoms with Gasteiger partial charge in [0.1, 0.15) is 0 Å². The Labute approximate surface area is 76.2 Å². The maximum absolute atomic E-state index is 10.9. The highest BCUT2D eigenvalue weighted by Crippen LogP contribution is 2.22. The SMILES string of the molecule is CCC(=O)NCC1CCCCC1.[HH]. The minimum absolute atomic E-state index is 0. The molecule has 1 aliphatic rings. The lowest BCUT2D eigenvalue weighted by atomic mass is 9.89. The second-order valence-corrected chi connectivity index (χ2v) is 3.66. The molecule has 0 heterocycles. The van der Waals surface area contributed by atoms with Gasteiger partial charge < -0.3 is 5.32 Å². The number of rotatable bonds is 3. The molecule has 2 heteroatoms. The first-order chi connectivity index (χ1) is 5.83. The molecule has 0 aliphatic heterocycles. The van der Waals surface area contributed by atoms with E-state index in [2.05, 4.69) is 5.32 Å². The summed E-state index contributed by atoms with van der Waals surface area (Å²) in [5.74, 6) is 0.954. The van der Waals surface area contributed by atoms with Crippen LogP contribution in [0.2, 0.25) is 0 Å². The number of hydrogen-bond donors (Lipinski definition) is 1. The Kier molecular flexibility index (Phi) is 4.12. The first kappa shape index (κ1) is 9.56. The second-order valence-electron chi connectivity index (χ2n) is 3.66. The summed E-state index contributed by atoms with van der Waals surface area (Å²) in [7, 11) is 0. The first-order valence-corrected chi connectivity index (χ1v) is 5.09. The Hall–Kier alpha value is -0.530. The van der Waals surface area contributed by atoms with Crippen molar-refractivity contribution in [3.63, 3.8) is 0 Å². The van der Waals surface area contributed by atoms with Gasteiger partial charge >= 0.3 is 0 Å². The zero-order valence-electron chi connectivity index (χ0n) is 7.94. The predicted molar refractivity (Wildman–Crippen MR) is 52.0 cm³/mol. The summed E-state index contributed by atoms with van der Waals surface area (Å²) >= 11 is 0. The molecule has 0 bridgehead atoms. The molecule has 1 saturated carbocycles. The minimum Gasteiger partial charge on any atom is -0.356 e. The molecule has 0 aromatic carbocycles. The Morgan fingerprint density at radius 1 is 1.42 bits per heavy atom. The summed E-state index contributed by atoms with van der Waals surface area (Å²) in [6.07, 6.45) is 7.33. The van der Waals surface area contributed by atoms with E-state index >= 15 is 0 Å². The van der Waals surface area contributed by atoms with Crippen LogP contribution in [0.5, 0.6) is 0 Å². The molecule has 12 heavy (non-hydrogen) atoms. The highest BCUT2D eigenvalue weighted by Gasteiger charge is 2.13. The number of hydrogen-bond acceptors (Lipinski definition) is 1. The number of amides is 1. The van der Waals surface area contributed by atoms with Gasteiger partial charge in [0.25, 0.3) is 0 Å². The van der Waals surface area contributed by atoms with Crippen molar-refractivity contribution in [3.05, 3.63) is 0 Å². The van der Waals surface area contributed by atoms with Crippen molar-refractivity contribution in [1.29, 1.82) is 0 Å². The molecule has 2 nitrogen and oxygen atoms in total. The van der Waals surface area contributed by atoms with Crippen LogP contribution in [0.3, 0.4) is 0 Å². The predicted octanol–water partition coefficient (Wildman–Crippen LogP) is 2.34. The average molecular weight is 171 g/mol. The molecule has 0 radical (unpaired) electrons. The van der Waals surface area contributed by atoms with Crippen LogP contribution in [0.1, 0.15) is 46.9 Å². The first-order valence-electron chi connectivity index (χ1n) is 5.09. The van der Waals surface area contributed by atoms with Gasteiger partial charge in [0.2, 0.25) is 5.91 Å². The summed E-state index contributed by atoms with van der Waals surface area (Å²) in [4.78, 5) is 10.9. The van der Waals surface area contributed by atoms with Crippen molar-refractivity contribution < 1.29 is 6.22 Å². The van der Waals surface area contributed by atoms with Crippen molar-refractivity contribution in [3.8, 4) is 0 Å². The van der Waals surface area contributed by atoms with Gasteiger partial charge in [-0.1, -0.05) is 26.2 Å². The number of carbonyl (C=O) groups is 1. The third kappa shape index (κ3) is 3.24. The molecule has 0 aromatic heterocycles. The molecular weight excluding hydrogens is 150 g/mol. The van der Waals surface area contributed by atoms with Crippen LogP contribution in [0.25, 0.3) is 0 Å². The third-order valence-electron chi connectivity index (χ3n) is 2.63. The molecule has 0 unspecified atom stereocenters. The van der Waals surface area contributed by atoms with Gasteiger partial charge in [0.05, 0.1) is 0 Å². The van der Waals surface area contributed by atoms with Crippen molar-refractivity contribution in [1.82, 2.24) is 5.32 Å². The van der Waals surface area contributed by atoms with Crippen molar-refractivity contribution in [2.75, 3.05) is 6.54 Å². The molecular formula is C10H21NO. The van der Waals surface area contributed by atoms with Crippen LogP contribution in [-0.2, 0) is 4.79 Å². The van der Waals surface area contributed by atoms with Crippen molar-refractivity contribution in [2.24, 2.45) is 5.92 Å². The number of carbonyl (C=O) groups excluding carboxylic acids is 1. The lowest BCUT2D eigenvalue weighted by Gasteiger charge is -2.21. The van der Waals surface area contributed by atoms with E-state index in [1.807, 2.05) is 6.92 Å². The van der Waals surface area contributed by atoms with Gasteiger partial charge in [-0.15, -0.1) is 0 Å². The molecule has 1 aliphatic carbocycles. The van der Waals surface area contributed by atoms with Crippen molar-refractivity contribution >= 4 is 5.91 Å². The van der Waals surface area contributed by atoms with Crippen LogP contribution >= 0.6 is 0 Å². The smallest absolute Gasteiger partial charge is 0.219 e. The minimum atomic E-state index is 0. The lowest BCUT2D eigenvalue weighted by Crippen LogP contribution is -2.29. The lowest BCUT2D eigenvalue weighted by molar-refractivity contribution is -0.121. The van der Waals surface area contributed by atoms with E-state index in [-0.39, 0.29) is 7.33 Å². The van der Waals surface area contributed by atoms with Crippen LogP contribution in [0.15, 0.2) is 0 Å². The standard InChI is InChI=1S/C10H19NO.H2/c1-2-10(12)11-8-9-6-4-3-5-7-9;/h9H,2-8H2,1H3,(H,11,12);1H. The molecule has 0 saturated heterocycles. The Bertz CT molecular complexity index is 144. The molecule has 72 valence electrons. The van der Waals surface area contributed by atoms with Gasteiger partial charge in [-0.2, -0.15) is 0 Å². The fraction of sp³-hybridized carbons (Fsp3) is 0.900. The van der Waals surface area contributed by atoms with Crippen molar-refractivity contribution in [2.45, 2.75) is 45.4 Å². The van der Waals surface area contributed by atoms with E-state index in [1.54, 1.807) is 0 Å². The maximum atomic E-state index is 10.9. The highest BCUT2D eigenvalue weighted by molar-refractivity contribution is 5.75. The fourth-order valence-corrected chi connectivity index (χ4v) is 1.77. The van der Waals surface area contributed by atoms with E-state index in [9.17, 15) is 4.79 Å². The molecule has 0 atom stereocenters. The van der Waals surface area contributed by atoms with Crippen LogP contribution < -0.4 is 5.32 Å². The van der Waals surface area contributed by atoms with Gasteiger partial charge in [-0.3, -0.25) is 4.79 Å². The largest absolute Gasteiger partial charge is 0.356 e. The topological polar surface area (TPSA) is 29.1 Å². The summed E-state index contributed by atoms with van der Waals surface area (Å²) in [6.45, 7) is 2.81. The molecule has 1 N–H and O–H groups in total. The fourth-order valence-electron chi connectivity index (χ4n) is 1.77. The summed E-state index contributed by atoms with van der Waals surface area (Å²) in [6, 6.07) is 0. The van der Waals surface area contributed by atoms with E-state index in [0.29, 0.717) is 6.42 Å². The van der Waals surface area contributed by atoms with Crippen LogP contribution in [0, 0.1) is 5.92 Å². The van der Waals surface area contributed by atoms with Crippen LogP contribution in [0.4, 0.5) is 0 Å². The highest BCUT2D eigenvalue weighted by atomic mass is 16.1. The van der Waals surface area contributed by atoms with E-state index in [1.165, 1.54) is 32.1 Å². The summed E-state index contributed by atoms with van der Waals surface area (Å²) < 4.78 is 0. The zero-order chi connectivity index (χ0) is 8.81. The summed E-state index contributed by atoms with van der Waals surface area (Å²) in [5, 5.41) is 2.96. The molecule has 1 fully saturated rings. The normalized spacial score (nSPS) is 19.1. The summed E-state index contributed by atoms with van der Waals surface area (Å²) in [5.41, 5.74) is 0. The third-order valence-corrected chi connectivity index (χ3v) is 2.63. The van der Waals surface area contributed by atoms with E-state index in [4.69, 9.17) is 0 Å². The quantitative estimate of drug-likeness (QED) is 0.693. The molecule has 1 amide bonds.